The van der Waals surface area contributed by atoms with Crippen LogP contribution in [-0.4, -0.2) is 45.5 Å². The van der Waals surface area contributed by atoms with Crippen molar-refractivity contribution in [1.29, 1.82) is 0 Å². The van der Waals surface area contributed by atoms with Gasteiger partial charge in [0.2, 0.25) is 11.8 Å². The zero-order valence-electron chi connectivity index (χ0n) is 9.84. The maximum atomic E-state index is 11.2. The zero-order chi connectivity index (χ0) is 13.5. The minimum atomic E-state index is -1.09. The number of aromatic nitrogens is 2. The molecule has 0 bridgehead atoms. The smallest absolute Gasteiger partial charge is 0.356 e. The average Bonchev–Trinajstić information content (AvgIpc) is 2.75. The van der Waals surface area contributed by atoms with E-state index in [9.17, 15) is 14.4 Å². The van der Waals surface area contributed by atoms with Gasteiger partial charge in [-0.1, -0.05) is 0 Å². The highest BCUT2D eigenvalue weighted by molar-refractivity contribution is 5.85. The number of carbonyl (C=O) groups is 3. The summed E-state index contributed by atoms with van der Waals surface area (Å²) >= 11 is 0. The van der Waals surface area contributed by atoms with Crippen LogP contribution >= 0.6 is 0 Å². The van der Waals surface area contributed by atoms with Crippen molar-refractivity contribution in [3.8, 4) is 0 Å². The molecule has 0 saturated heterocycles. The summed E-state index contributed by atoms with van der Waals surface area (Å²) in [6, 6.07) is 0. The van der Waals surface area contributed by atoms with Crippen LogP contribution < -0.4 is 10.6 Å². The van der Waals surface area contributed by atoms with E-state index in [1.165, 1.54) is 19.4 Å². The van der Waals surface area contributed by atoms with E-state index in [1.807, 2.05) is 0 Å². The highest BCUT2D eigenvalue weighted by atomic mass is 16.4. The molecule has 98 valence electrons. The van der Waals surface area contributed by atoms with Gasteiger partial charge in [-0.2, -0.15) is 0 Å². The summed E-state index contributed by atoms with van der Waals surface area (Å²) in [5.74, 6) is -1.67. The Hall–Kier alpha value is -2.38. The normalized spacial score (nSPS) is 9.83. The van der Waals surface area contributed by atoms with Gasteiger partial charge in [-0.25, -0.2) is 9.78 Å². The number of carboxylic acids is 1. The van der Waals surface area contributed by atoms with Crippen LogP contribution in [0.4, 0.5) is 0 Å². The summed E-state index contributed by atoms with van der Waals surface area (Å²) in [5, 5.41) is 13.6. The SMILES string of the molecule is CC(=O)NCC(=O)NCCn1cnc(C(=O)O)c1. The van der Waals surface area contributed by atoms with Crippen LogP contribution in [0.5, 0.6) is 0 Å². The molecule has 1 aromatic heterocycles. The van der Waals surface area contributed by atoms with Crippen molar-refractivity contribution in [1.82, 2.24) is 20.2 Å². The predicted molar refractivity (Wildman–Crippen MR) is 60.9 cm³/mol. The van der Waals surface area contributed by atoms with E-state index in [0.717, 1.165) is 0 Å². The van der Waals surface area contributed by atoms with Crippen molar-refractivity contribution in [2.24, 2.45) is 0 Å². The van der Waals surface area contributed by atoms with Gasteiger partial charge in [-0.05, 0) is 0 Å². The van der Waals surface area contributed by atoms with E-state index in [2.05, 4.69) is 15.6 Å². The number of imidazole rings is 1. The topological polar surface area (TPSA) is 113 Å². The van der Waals surface area contributed by atoms with Gasteiger partial charge >= 0.3 is 5.97 Å². The van der Waals surface area contributed by atoms with E-state index in [0.29, 0.717) is 13.1 Å². The summed E-state index contributed by atoms with van der Waals surface area (Å²) < 4.78 is 1.56. The molecule has 0 aromatic carbocycles. The monoisotopic (exact) mass is 254 g/mol. The van der Waals surface area contributed by atoms with Crippen molar-refractivity contribution < 1.29 is 19.5 Å². The van der Waals surface area contributed by atoms with Gasteiger partial charge in [-0.3, -0.25) is 9.59 Å². The number of rotatable bonds is 6. The minimum Gasteiger partial charge on any atom is -0.476 e. The number of amides is 2. The lowest BCUT2D eigenvalue weighted by Gasteiger charge is -2.05. The highest BCUT2D eigenvalue weighted by Gasteiger charge is 2.06. The van der Waals surface area contributed by atoms with Crippen LogP contribution in [0.1, 0.15) is 17.4 Å². The number of aromatic carboxylic acids is 1. The first-order chi connectivity index (χ1) is 8.49. The third-order valence-corrected chi connectivity index (χ3v) is 2.04. The fourth-order valence-corrected chi connectivity index (χ4v) is 1.18. The van der Waals surface area contributed by atoms with Gasteiger partial charge in [0.25, 0.3) is 0 Å². The fourth-order valence-electron chi connectivity index (χ4n) is 1.18. The molecule has 1 rings (SSSR count). The Morgan fingerprint density at radius 3 is 2.67 bits per heavy atom. The Morgan fingerprint density at radius 2 is 2.11 bits per heavy atom. The molecule has 0 aliphatic rings. The molecule has 0 atom stereocenters. The molecule has 8 heteroatoms. The summed E-state index contributed by atoms with van der Waals surface area (Å²) in [6.07, 6.45) is 2.76. The minimum absolute atomic E-state index is 0.0421. The second kappa shape index (κ2) is 6.38. The summed E-state index contributed by atoms with van der Waals surface area (Å²) in [5.41, 5.74) is -0.0421. The largest absolute Gasteiger partial charge is 0.476 e. The number of nitrogens with one attached hydrogen (secondary N) is 2. The van der Waals surface area contributed by atoms with E-state index in [1.54, 1.807) is 4.57 Å². The molecule has 3 N–H and O–H groups in total. The van der Waals surface area contributed by atoms with Gasteiger partial charge in [0, 0.05) is 26.2 Å². The Balaban J connectivity index is 2.26. The molecular formula is C10H14N4O4. The number of nitrogens with zero attached hydrogens (tertiary/aromatic N) is 2. The van der Waals surface area contributed by atoms with Crippen molar-refractivity contribution >= 4 is 17.8 Å². The molecule has 1 heterocycles. The van der Waals surface area contributed by atoms with Crippen LogP contribution in [0.3, 0.4) is 0 Å². The van der Waals surface area contributed by atoms with Gasteiger partial charge in [0.15, 0.2) is 5.69 Å². The van der Waals surface area contributed by atoms with Gasteiger partial charge in [0.1, 0.15) is 0 Å². The third kappa shape index (κ3) is 4.64. The van der Waals surface area contributed by atoms with Gasteiger partial charge in [0.05, 0.1) is 12.9 Å². The molecule has 1 aromatic rings. The van der Waals surface area contributed by atoms with Crippen LogP contribution in [0, 0.1) is 0 Å². The molecule has 2 amide bonds. The molecular weight excluding hydrogens is 240 g/mol. The summed E-state index contributed by atoms with van der Waals surface area (Å²) in [4.78, 5) is 36.0. The lowest BCUT2D eigenvalue weighted by atomic mass is 10.5. The van der Waals surface area contributed by atoms with E-state index in [4.69, 9.17) is 5.11 Å². The number of hydrogen-bond acceptors (Lipinski definition) is 4. The average molecular weight is 254 g/mol. The van der Waals surface area contributed by atoms with Crippen molar-refractivity contribution in [3.63, 3.8) is 0 Å². The van der Waals surface area contributed by atoms with E-state index < -0.39 is 5.97 Å². The first kappa shape index (κ1) is 13.7. The Kier molecular flexibility index (Phi) is 4.85. The quantitative estimate of drug-likeness (QED) is 0.592. The summed E-state index contributed by atoms with van der Waals surface area (Å²) in [7, 11) is 0. The Labute approximate surface area is 103 Å². The fraction of sp³-hybridized carbons (Fsp3) is 0.400. The molecule has 8 nitrogen and oxygen atoms in total. The van der Waals surface area contributed by atoms with Crippen molar-refractivity contribution in [3.05, 3.63) is 18.2 Å². The highest BCUT2D eigenvalue weighted by Crippen LogP contribution is 1.95. The first-order valence-electron chi connectivity index (χ1n) is 5.25. The summed E-state index contributed by atoms with van der Waals surface area (Å²) in [6.45, 7) is 1.99. The third-order valence-electron chi connectivity index (χ3n) is 2.04. The van der Waals surface area contributed by atoms with Crippen LogP contribution in [0.2, 0.25) is 0 Å². The lowest BCUT2D eigenvalue weighted by Crippen LogP contribution is -2.37. The molecule has 0 saturated carbocycles. The number of carboxylic acid groups (broad SMARTS) is 1. The number of hydrogen-bond donors (Lipinski definition) is 3. The maximum absolute atomic E-state index is 11.2. The molecule has 0 fully saturated rings. The molecule has 0 radical (unpaired) electrons. The standard InChI is InChI=1S/C10H14N4O4/c1-7(15)12-4-9(16)11-2-3-14-5-8(10(17)18)13-6-14/h5-6H,2-4H2,1H3,(H,11,16)(H,12,15)(H,17,18). The Bertz CT molecular complexity index is 454. The second-order valence-corrected chi connectivity index (χ2v) is 3.56. The molecule has 0 aliphatic heterocycles. The van der Waals surface area contributed by atoms with E-state index in [-0.39, 0.29) is 24.1 Å². The molecule has 0 spiro atoms. The Morgan fingerprint density at radius 1 is 1.39 bits per heavy atom. The van der Waals surface area contributed by atoms with Crippen molar-refractivity contribution in [2.75, 3.05) is 13.1 Å². The van der Waals surface area contributed by atoms with E-state index >= 15 is 0 Å². The zero-order valence-corrected chi connectivity index (χ0v) is 9.84. The molecule has 0 unspecified atom stereocenters. The van der Waals surface area contributed by atoms with Gasteiger partial charge < -0.3 is 20.3 Å². The second-order valence-electron chi connectivity index (χ2n) is 3.56. The number of carbonyl (C=O) groups excluding carboxylic acids is 2. The van der Waals surface area contributed by atoms with Gasteiger partial charge in [-0.15, -0.1) is 0 Å². The van der Waals surface area contributed by atoms with Crippen LogP contribution in [0.25, 0.3) is 0 Å². The lowest BCUT2D eigenvalue weighted by molar-refractivity contribution is -0.125. The predicted octanol–water partition coefficient (Wildman–Crippen LogP) is -1.17. The molecule has 18 heavy (non-hydrogen) atoms. The van der Waals surface area contributed by atoms with Crippen LogP contribution in [-0.2, 0) is 16.1 Å². The molecule has 0 aliphatic carbocycles. The van der Waals surface area contributed by atoms with Crippen LogP contribution in [0.15, 0.2) is 12.5 Å². The maximum Gasteiger partial charge on any atom is 0.356 e. The first-order valence-corrected chi connectivity index (χ1v) is 5.25. The van der Waals surface area contributed by atoms with Crippen molar-refractivity contribution in [2.45, 2.75) is 13.5 Å².